The molecule has 0 aliphatic carbocycles. The zero-order valence-corrected chi connectivity index (χ0v) is 12.6. The van der Waals surface area contributed by atoms with Crippen molar-refractivity contribution in [2.24, 2.45) is 0 Å². The first-order valence-corrected chi connectivity index (χ1v) is 7.12. The van der Waals surface area contributed by atoms with Gasteiger partial charge >= 0.3 is 11.9 Å². The molecule has 0 heterocycles. The van der Waals surface area contributed by atoms with Crippen LogP contribution in [0.1, 0.15) is 43.0 Å². The maximum Gasteiger partial charge on any atom is 0.379 e. The average molecular weight is 374 g/mol. The predicted octanol–water partition coefficient (Wildman–Crippen LogP) is 3.75. The Hall–Kier alpha value is -3.28. The van der Waals surface area contributed by atoms with Crippen molar-refractivity contribution in [3.63, 3.8) is 0 Å². The molecule has 0 aliphatic heterocycles. The highest BCUT2D eigenvalue weighted by Gasteiger charge is 2.19. The van der Waals surface area contributed by atoms with Gasteiger partial charge in [-0.05, 0) is 0 Å². The summed E-state index contributed by atoms with van der Waals surface area (Å²) in [5, 5.41) is 0. The summed E-state index contributed by atoms with van der Waals surface area (Å²) in [6, 6.07) is 15.9. The van der Waals surface area contributed by atoms with Gasteiger partial charge in [0.05, 0.1) is 0 Å². The molecule has 2 rings (SSSR count). The average Bonchev–Trinajstić information content (AvgIpc) is 2.65. The Labute approximate surface area is 160 Å². The minimum atomic E-state index is -1.05. The topological polar surface area (TPSA) is 86.7 Å². The molecule has 0 amide bonds. The Morgan fingerprint density at radius 1 is 0.556 bits per heavy atom. The van der Waals surface area contributed by atoms with Gasteiger partial charge in [-0.1, -0.05) is 82.9 Å². The van der Waals surface area contributed by atoms with Crippen LogP contribution in [0.2, 0.25) is 0 Å². The molecule has 27 heavy (non-hydrogen) atoms. The first-order chi connectivity index (χ1) is 11.6. The number of carbonyl (C=O) groups excluding carboxylic acids is 4. The summed E-state index contributed by atoms with van der Waals surface area (Å²) in [7, 11) is 0. The number of hydrogen-bond donors (Lipinski definition) is 0. The highest BCUT2D eigenvalue weighted by molar-refractivity contribution is 6.41. The number of ether oxygens (including phenoxy) is 2. The second-order valence-electron chi connectivity index (χ2n) is 4.66. The molecule has 0 spiro atoms. The van der Waals surface area contributed by atoms with E-state index in [1.165, 1.54) is 24.3 Å². The van der Waals surface area contributed by atoms with Crippen molar-refractivity contribution >= 4 is 23.5 Å². The minimum Gasteiger partial charge on any atom is -0.456 e. The summed E-state index contributed by atoms with van der Waals surface area (Å²) < 4.78 is 9.43. The standard InChI is InChI=1S/C18H14O6.3CH4/c19-15(13-7-3-1-4-8-13)17(21)23-11-12-24-18(22)16(20)14-9-5-2-6-10-14;;;/h1-10H,11-12H2;3*1H4. The number of rotatable bonds is 7. The minimum absolute atomic E-state index is 0. The lowest BCUT2D eigenvalue weighted by molar-refractivity contribution is -0.146. The van der Waals surface area contributed by atoms with Gasteiger partial charge in [0.2, 0.25) is 0 Å². The Morgan fingerprint density at radius 3 is 1.15 bits per heavy atom. The fourth-order valence-electron chi connectivity index (χ4n) is 1.81. The van der Waals surface area contributed by atoms with Crippen LogP contribution in [0.3, 0.4) is 0 Å². The number of benzene rings is 2. The Morgan fingerprint density at radius 2 is 0.852 bits per heavy atom. The monoisotopic (exact) mass is 374 g/mol. The number of hydrogen-bond acceptors (Lipinski definition) is 6. The van der Waals surface area contributed by atoms with Gasteiger partial charge in [-0.2, -0.15) is 0 Å². The van der Waals surface area contributed by atoms with Gasteiger partial charge in [0.1, 0.15) is 13.2 Å². The highest BCUT2D eigenvalue weighted by atomic mass is 16.6. The van der Waals surface area contributed by atoms with Crippen molar-refractivity contribution in [3.8, 4) is 0 Å². The SMILES string of the molecule is C.C.C.O=C(OCCOC(=O)C(=O)c1ccccc1)C(=O)c1ccccc1. The number of esters is 2. The van der Waals surface area contributed by atoms with E-state index in [2.05, 4.69) is 0 Å². The molecule has 146 valence electrons. The summed E-state index contributed by atoms with van der Waals surface area (Å²) in [6.45, 7) is -0.629. The van der Waals surface area contributed by atoms with Crippen molar-refractivity contribution in [2.75, 3.05) is 13.2 Å². The van der Waals surface area contributed by atoms with Crippen LogP contribution < -0.4 is 0 Å². The van der Waals surface area contributed by atoms with Crippen LogP contribution in [0.5, 0.6) is 0 Å². The number of Topliss-reactive ketones (excluding diaryl/α,β-unsaturated/α-hetero) is 2. The first kappa shape index (κ1) is 26.0. The Kier molecular flexibility index (Phi) is 12.5. The molecule has 0 fully saturated rings. The van der Waals surface area contributed by atoms with E-state index in [1.54, 1.807) is 36.4 Å². The molecule has 0 aromatic heterocycles. The molecule has 0 saturated heterocycles. The normalized spacial score (nSPS) is 8.74. The Bertz CT molecular complexity index is 672. The van der Waals surface area contributed by atoms with E-state index in [0.29, 0.717) is 0 Å². The van der Waals surface area contributed by atoms with Crippen molar-refractivity contribution in [2.45, 2.75) is 22.3 Å². The highest BCUT2D eigenvalue weighted by Crippen LogP contribution is 2.03. The third kappa shape index (κ3) is 7.64. The predicted molar refractivity (Wildman–Crippen MR) is 104 cm³/mol. The van der Waals surface area contributed by atoms with Crippen LogP contribution in [0.25, 0.3) is 0 Å². The van der Waals surface area contributed by atoms with Gasteiger partial charge in [0.15, 0.2) is 0 Å². The number of carbonyl (C=O) groups is 4. The van der Waals surface area contributed by atoms with Crippen molar-refractivity contribution in [3.05, 3.63) is 71.8 Å². The maximum absolute atomic E-state index is 11.7. The zero-order valence-electron chi connectivity index (χ0n) is 12.6. The zero-order chi connectivity index (χ0) is 17.4. The van der Waals surface area contributed by atoms with Crippen LogP contribution in [-0.4, -0.2) is 36.7 Å². The molecular weight excluding hydrogens is 348 g/mol. The lowest BCUT2D eigenvalue weighted by atomic mass is 10.1. The van der Waals surface area contributed by atoms with Gasteiger partial charge in [0, 0.05) is 11.1 Å². The molecule has 0 saturated carbocycles. The van der Waals surface area contributed by atoms with Gasteiger partial charge in [-0.25, -0.2) is 9.59 Å². The van der Waals surface area contributed by atoms with Gasteiger partial charge in [-0.15, -0.1) is 0 Å². The van der Waals surface area contributed by atoms with E-state index in [1.807, 2.05) is 0 Å². The van der Waals surface area contributed by atoms with Gasteiger partial charge < -0.3 is 9.47 Å². The van der Waals surface area contributed by atoms with Crippen molar-refractivity contribution in [1.82, 2.24) is 0 Å². The lowest BCUT2D eigenvalue weighted by Gasteiger charge is -2.05. The molecule has 0 aliphatic rings. The molecule has 0 radical (unpaired) electrons. The number of ketones is 2. The van der Waals surface area contributed by atoms with E-state index >= 15 is 0 Å². The maximum atomic E-state index is 11.7. The van der Waals surface area contributed by atoms with Crippen LogP contribution in [0, 0.1) is 0 Å². The molecule has 2 aromatic rings. The lowest BCUT2D eigenvalue weighted by Crippen LogP contribution is -2.23. The van der Waals surface area contributed by atoms with Crippen LogP contribution >= 0.6 is 0 Å². The molecular formula is C21H26O6. The fourth-order valence-corrected chi connectivity index (χ4v) is 1.81. The van der Waals surface area contributed by atoms with E-state index in [4.69, 9.17) is 9.47 Å². The third-order valence-electron chi connectivity index (χ3n) is 2.99. The first-order valence-electron chi connectivity index (χ1n) is 7.12. The molecule has 0 N–H and O–H groups in total. The van der Waals surface area contributed by atoms with E-state index in [-0.39, 0.29) is 46.6 Å². The van der Waals surface area contributed by atoms with E-state index in [9.17, 15) is 19.2 Å². The smallest absolute Gasteiger partial charge is 0.379 e. The van der Waals surface area contributed by atoms with Gasteiger partial charge in [-0.3, -0.25) is 9.59 Å². The molecule has 0 atom stereocenters. The largest absolute Gasteiger partial charge is 0.456 e. The van der Waals surface area contributed by atoms with Crippen LogP contribution in [0.15, 0.2) is 60.7 Å². The van der Waals surface area contributed by atoms with Gasteiger partial charge in [0.25, 0.3) is 11.6 Å². The molecule has 0 unspecified atom stereocenters. The summed E-state index contributed by atoms with van der Waals surface area (Å²) in [5.41, 5.74) is 0.414. The molecule has 2 aromatic carbocycles. The van der Waals surface area contributed by atoms with Crippen LogP contribution in [0.4, 0.5) is 0 Å². The van der Waals surface area contributed by atoms with E-state index in [0.717, 1.165) is 0 Å². The molecule has 6 nitrogen and oxygen atoms in total. The summed E-state index contributed by atoms with van der Waals surface area (Å²) in [4.78, 5) is 46.6. The molecule has 6 heteroatoms. The van der Waals surface area contributed by atoms with Crippen LogP contribution in [-0.2, 0) is 19.1 Å². The van der Waals surface area contributed by atoms with Crippen molar-refractivity contribution in [1.29, 1.82) is 0 Å². The van der Waals surface area contributed by atoms with E-state index < -0.39 is 23.5 Å². The summed E-state index contributed by atoms with van der Waals surface area (Å²) in [5.74, 6) is -3.68. The third-order valence-corrected chi connectivity index (χ3v) is 2.99. The quantitative estimate of drug-likeness (QED) is 0.317. The van der Waals surface area contributed by atoms with Crippen molar-refractivity contribution < 1.29 is 28.7 Å². The fraction of sp³-hybridized carbons (Fsp3) is 0.238. The Balaban J connectivity index is 0. The molecule has 0 bridgehead atoms. The summed E-state index contributed by atoms with van der Waals surface area (Å²) >= 11 is 0. The second-order valence-corrected chi connectivity index (χ2v) is 4.66. The summed E-state index contributed by atoms with van der Waals surface area (Å²) in [6.07, 6.45) is 0. The second kappa shape index (κ2) is 13.0.